The molecular formula is C16H24N2O2. The molecular weight excluding hydrogens is 252 g/mol. The van der Waals surface area contributed by atoms with Crippen LogP contribution in [0, 0.1) is 0 Å². The Morgan fingerprint density at radius 3 is 2.15 bits per heavy atom. The van der Waals surface area contributed by atoms with Crippen molar-refractivity contribution < 1.29 is 9.53 Å². The van der Waals surface area contributed by atoms with E-state index in [2.05, 4.69) is 15.4 Å². The maximum absolute atomic E-state index is 11.1. The largest absolute Gasteiger partial charge is 0.453 e. The van der Waals surface area contributed by atoms with Crippen LogP contribution in [0.5, 0.6) is 0 Å². The van der Waals surface area contributed by atoms with Gasteiger partial charge >= 0.3 is 6.09 Å². The molecule has 0 atom stereocenters. The highest BCUT2D eigenvalue weighted by Gasteiger charge is 2.11. The molecule has 0 radical (unpaired) electrons. The van der Waals surface area contributed by atoms with E-state index >= 15 is 0 Å². The van der Waals surface area contributed by atoms with Crippen LogP contribution in [0.1, 0.15) is 44.9 Å². The van der Waals surface area contributed by atoms with Crippen LogP contribution in [0.3, 0.4) is 0 Å². The molecule has 0 unspecified atom stereocenters. The van der Waals surface area contributed by atoms with E-state index < -0.39 is 6.09 Å². The van der Waals surface area contributed by atoms with Crippen molar-refractivity contribution in [1.82, 2.24) is 0 Å². The summed E-state index contributed by atoms with van der Waals surface area (Å²) in [4.78, 5) is 11.1. The van der Waals surface area contributed by atoms with Gasteiger partial charge in [0.05, 0.1) is 7.11 Å². The predicted molar refractivity (Wildman–Crippen MR) is 82.2 cm³/mol. The number of ether oxygens (including phenoxy) is 1. The number of amides is 1. The zero-order valence-corrected chi connectivity index (χ0v) is 12.2. The van der Waals surface area contributed by atoms with Crippen molar-refractivity contribution >= 4 is 17.5 Å². The molecule has 1 aromatic rings. The highest BCUT2D eigenvalue weighted by molar-refractivity contribution is 5.84. The molecule has 0 aliphatic heterocycles. The van der Waals surface area contributed by atoms with E-state index in [0.717, 1.165) is 11.4 Å². The second kappa shape index (κ2) is 7.78. The van der Waals surface area contributed by atoms with Gasteiger partial charge in [0.15, 0.2) is 0 Å². The van der Waals surface area contributed by atoms with E-state index in [4.69, 9.17) is 0 Å². The molecule has 1 aliphatic rings. The summed E-state index contributed by atoms with van der Waals surface area (Å²) in [5.74, 6) is 0. The van der Waals surface area contributed by atoms with E-state index in [1.54, 1.807) is 0 Å². The average molecular weight is 276 g/mol. The first kappa shape index (κ1) is 14.7. The van der Waals surface area contributed by atoms with E-state index in [1.807, 2.05) is 24.3 Å². The van der Waals surface area contributed by atoms with E-state index in [-0.39, 0.29) is 0 Å². The lowest BCUT2D eigenvalue weighted by atomic mass is 9.96. The highest BCUT2D eigenvalue weighted by atomic mass is 16.5. The molecule has 4 heteroatoms. The fourth-order valence-corrected chi connectivity index (χ4v) is 2.65. The van der Waals surface area contributed by atoms with Gasteiger partial charge in [0.25, 0.3) is 0 Å². The number of hydrogen-bond donors (Lipinski definition) is 2. The maximum atomic E-state index is 11.1. The van der Waals surface area contributed by atoms with Crippen molar-refractivity contribution in [2.24, 2.45) is 0 Å². The van der Waals surface area contributed by atoms with Gasteiger partial charge in [0, 0.05) is 17.4 Å². The molecule has 110 valence electrons. The first-order chi connectivity index (χ1) is 9.78. The van der Waals surface area contributed by atoms with Crippen LogP contribution < -0.4 is 10.6 Å². The Bertz CT molecular complexity index is 409. The lowest BCUT2D eigenvalue weighted by molar-refractivity contribution is 0.187. The Morgan fingerprint density at radius 2 is 1.55 bits per heavy atom. The molecule has 1 aliphatic carbocycles. The number of anilines is 2. The third kappa shape index (κ3) is 4.76. The van der Waals surface area contributed by atoms with Gasteiger partial charge < -0.3 is 10.1 Å². The number of benzene rings is 1. The molecule has 0 bridgehead atoms. The normalized spacial score (nSPS) is 16.9. The Morgan fingerprint density at radius 1 is 1.00 bits per heavy atom. The quantitative estimate of drug-likeness (QED) is 0.860. The van der Waals surface area contributed by atoms with Gasteiger partial charge in [-0.15, -0.1) is 0 Å². The molecule has 4 nitrogen and oxygen atoms in total. The zero-order chi connectivity index (χ0) is 14.2. The van der Waals surface area contributed by atoms with Crippen LogP contribution in [-0.4, -0.2) is 19.2 Å². The van der Waals surface area contributed by atoms with Crippen molar-refractivity contribution in [2.75, 3.05) is 17.7 Å². The lowest BCUT2D eigenvalue weighted by Gasteiger charge is -2.22. The molecule has 0 aromatic heterocycles. The van der Waals surface area contributed by atoms with Gasteiger partial charge in [-0.3, -0.25) is 5.32 Å². The SMILES string of the molecule is COC(=O)Nc1ccc(NC2CCCCCCC2)cc1. The summed E-state index contributed by atoms with van der Waals surface area (Å²) in [5.41, 5.74) is 1.87. The first-order valence-electron chi connectivity index (χ1n) is 7.49. The average Bonchev–Trinajstić information content (AvgIpc) is 2.43. The Labute approximate surface area is 120 Å². The third-order valence-corrected chi connectivity index (χ3v) is 3.79. The molecule has 1 fully saturated rings. The second-order valence-corrected chi connectivity index (χ2v) is 5.38. The van der Waals surface area contributed by atoms with E-state index in [9.17, 15) is 4.79 Å². The van der Waals surface area contributed by atoms with Gasteiger partial charge in [-0.25, -0.2) is 4.79 Å². The second-order valence-electron chi connectivity index (χ2n) is 5.38. The number of methoxy groups -OCH3 is 1. The van der Waals surface area contributed by atoms with Gasteiger partial charge in [-0.1, -0.05) is 32.1 Å². The minimum Gasteiger partial charge on any atom is -0.453 e. The summed E-state index contributed by atoms with van der Waals surface area (Å²) in [6, 6.07) is 8.37. The minimum atomic E-state index is -0.439. The van der Waals surface area contributed by atoms with E-state index in [0.29, 0.717) is 6.04 Å². The minimum absolute atomic E-state index is 0.439. The van der Waals surface area contributed by atoms with Gasteiger partial charge in [0.1, 0.15) is 0 Å². The maximum Gasteiger partial charge on any atom is 0.411 e. The van der Waals surface area contributed by atoms with Crippen LogP contribution in [0.2, 0.25) is 0 Å². The predicted octanol–water partition coefficient (Wildman–Crippen LogP) is 4.39. The van der Waals surface area contributed by atoms with Gasteiger partial charge in [0.2, 0.25) is 0 Å². The van der Waals surface area contributed by atoms with Crippen molar-refractivity contribution in [3.63, 3.8) is 0 Å². The first-order valence-corrected chi connectivity index (χ1v) is 7.49. The summed E-state index contributed by atoms with van der Waals surface area (Å²) >= 11 is 0. The van der Waals surface area contributed by atoms with Crippen LogP contribution >= 0.6 is 0 Å². The van der Waals surface area contributed by atoms with Crippen LogP contribution in [-0.2, 0) is 4.74 Å². The smallest absolute Gasteiger partial charge is 0.411 e. The summed E-state index contributed by atoms with van der Waals surface area (Å²) in [6.45, 7) is 0. The number of carbonyl (C=O) groups is 1. The molecule has 0 saturated heterocycles. The molecule has 1 amide bonds. The van der Waals surface area contributed by atoms with Gasteiger partial charge in [-0.2, -0.15) is 0 Å². The number of nitrogens with one attached hydrogen (secondary N) is 2. The molecule has 2 N–H and O–H groups in total. The summed E-state index contributed by atoms with van der Waals surface area (Å²) in [6.07, 6.45) is 8.82. The molecule has 1 saturated carbocycles. The topological polar surface area (TPSA) is 50.4 Å². The Balaban J connectivity index is 1.87. The van der Waals surface area contributed by atoms with Crippen molar-refractivity contribution in [3.05, 3.63) is 24.3 Å². The summed E-state index contributed by atoms with van der Waals surface area (Å²) < 4.78 is 4.57. The Hall–Kier alpha value is -1.71. The van der Waals surface area contributed by atoms with Crippen LogP contribution in [0.4, 0.5) is 16.2 Å². The highest BCUT2D eigenvalue weighted by Crippen LogP contribution is 2.21. The third-order valence-electron chi connectivity index (χ3n) is 3.79. The molecule has 0 heterocycles. The number of hydrogen-bond acceptors (Lipinski definition) is 3. The van der Waals surface area contributed by atoms with Crippen molar-refractivity contribution in [2.45, 2.75) is 51.0 Å². The molecule has 20 heavy (non-hydrogen) atoms. The number of carbonyl (C=O) groups excluding carboxylic acids is 1. The van der Waals surface area contributed by atoms with Crippen molar-refractivity contribution in [1.29, 1.82) is 0 Å². The van der Waals surface area contributed by atoms with Crippen molar-refractivity contribution in [3.8, 4) is 0 Å². The molecule has 1 aromatic carbocycles. The zero-order valence-electron chi connectivity index (χ0n) is 12.2. The monoisotopic (exact) mass is 276 g/mol. The lowest BCUT2D eigenvalue weighted by Crippen LogP contribution is -2.20. The molecule has 0 spiro atoms. The van der Waals surface area contributed by atoms with Gasteiger partial charge in [-0.05, 0) is 37.1 Å². The van der Waals surface area contributed by atoms with E-state index in [1.165, 1.54) is 52.1 Å². The molecule has 2 rings (SSSR count). The standard InChI is InChI=1S/C16H24N2O2/c1-20-16(19)18-15-11-9-14(10-12-15)17-13-7-5-3-2-4-6-8-13/h9-13,17H,2-8H2,1H3,(H,18,19). The summed E-state index contributed by atoms with van der Waals surface area (Å²) in [7, 11) is 1.36. The van der Waals surface area contributed by atoms with Crippen LogP contribution in [0.15, 0.2) is 24.3 Å². The summed E-state index contributed by atoms with van der Waals surface area (Å²) in [5, 5.41) is 6.25. The fraction of sp³-hybridized carbons (Fsp3) is 0.562. The number of rotatable bonds is 3. The Kier molecular flexibility index (Phi) is 5.71. The van der Waals surface area contributed by atoms with Crippen LogP contribution in [0.25, 0.3) is 0 Å². The fourth-order valence-electron chi connectivity index (χ4n) is 2.65.